The molecule has 0 saturated carbocycles. The molecule has 2 atom stereocenters. The summed E-state index contributed by atoms with van der Waals surface area (Å²) in [5, 5.41) is 14.1. The monoisotopic (exact) mass is 546 g/mol. The largest absolute Gasteiger partial charge is 0.478 e. The van der Waals surface area contributed by atoms with E-state index in [4.69, 9.17) is 4.74 Å². The van der Waals surface area contributed by atoms with Crippen molar-refractivity contribution in [2.45, 2.75) is 37.7 Å². The average molecular weight is 547 g/mol. The minimum Gasteiger partial charge on any atom is -0.478 e. The maximum atomic E-state index is 13.9. The van der Waals surface area contributed by atoms with Gasteiger partial charge in [0.1, 0.15) is 23.4 Å². The van der Waals surface area contributed by atoms with Gasteiger partial charge in [-0.2, -0.15) is 14.1 Å². The van der Waals surface area contributed by atoms with E-state index in [0.717, 1.165) is 22.4 Å². The Balaban J connectivity index is 1.54. The number of anilines is 1. The minimum atomic E-state index is -3.44. The number of ether oxygens (including phenoxy) is 1. The number of piperazine rings is 1. The van der Waals surface area contributed by atoms with Gasteiger partial charge in [-0.15, -0.1) is 0 Å². The van der Waals surface area contributed by atoms with E-state index in [2.05, 4.69) is 5.10 Å². The van der Waals surface area contributed by atoms with Crippen LogP contribution in [0.15, 0.2) is 53.5 Å². The predicted molar refractivity (Wildman–Crippen MR) is 137 cm³/mol. The third-order valence-electron chi connectivity index (χ3n) is 6.94. The van der Waals surface area contributed by atoms with Gasteiger partial charge >= 0.3 is 5.56 Å². The van der Waals surface area contributed by atoms with Crippen LogP contribution in [0.25, 0.3) is 5.69 Å². The topological polar surface area (TPSA) is 105 Å². The number of aliphatic hydroxyl groups excluding tert-OH is 1. The second-order valence-electron chi connectivity index (χ2n) is 9.67. The second kappa shape index (κ2) is 10.1. The van der Waals surface area contributed by atoms with Crippen molar-refractivity contribution in [3.63, 3.8) is 0 Å². The first-order valence-corrected chi connectivity index (χ1v) is 13.8. The number of benzene rings is 2. The van der Waals surface area contributed by atoms with E-state index in [1.165, 1.54) is 10.5 Å². The highest BCUT2D eigenvalue weighted by Crippen LogP contribution is 2.42. The van der Waals surface area contributed by atoms with Crippen molar-refractivity contribution >= 4 is 15.7 Å². The molecule has 5 rings (SSSR count). The van der Waals surface area contributed by atoms with Gasteiger partial charge < -0.3 is 14.7 Å². The summed E-state index contributed by atoms with van der Waals surface area (Å²) in [5.74, 6) is -1.83. The van der Waals surface area contributed by atoms with Crippen LogP contribution in [0.4, 0.5) is 14.5 Å². The summed E-state index contributed by atoms with van der Waals surface area (Å²) in [5.41, 5.74) is 0.933. The van der Waals surface area contributed by atoms with Crippen molar-refractivity contribution in [2.24, 2.45) is 0 Å². The summed E-state index contributed by atoms with van der Waals surface area (Å²) in [6, 6.07) is 9.89. The Kier molecular flexibility index (Phi) is 6.97. The van der Waals surface area contributed by atoms with Crippen LogP contribution in [0.2, 0.25) is 0 Å². The molecule has 1 fully saturated rings. The Morgan fingerprint density at radius 2 is 1.66 bits per heavy atom. The normalized spacial score (nSPS) is 20.1. The molecule has 2 aromatic carbocycles. The van der Waals surface area contributed by atoms with E-state index >= 15 is 0 Å². The molecule has 1 N–H and O–H groups in total. The molecule has 0 spiro atoms. The van der Waals surface area contributed by atoms with Gasteiger partial charge in [0.15, 0.2) is 0 Å². The van der Waals surface area contributed by atoms with Gasteiger partial charge in [-0.25, -0.2) is 17.2 Å². The lowest BCUT2D eigenvalue weighted by Crippen LogP contribution is -2.50. The van der Waals surface area contributed by atoms with Crippen molar-refractivity contribution in [2.75, 3.05) is 31.1 Å². The van der Waals surface area contributed by atoms with E-state index in [1.54, 1.807) is 26.0 Å². The third kappa shape index (κ3) is 4.79. The first-order valence-electron chi connectivity index (χ1n) is 12.3. The molecule has 9 nitrogen and oxygen atoms in total. The standard InChI is InChI=1S/C26H28F2N4O5S/c1-16(2)38(35,36)31-9-7-30(8-10-31)22-15-29-32(19-12-17(27)11-18(28)13-19)26(34)25(22)37-24-14-23(33)20-5-3-4-6-21(20)24/h3-6,11-13,15-16,23-24,33H,7-10,14H2,1-2H3. The molecule has 12 heteroatoms. The molecule has 2 unspecified atom stereocenters. The van der Waals surface area contributed by atoms with Crippen molar-refractivity contribution < 1.29 is 27.0 Å². The van der Waals surface area contributed by atoms with E-state index < -0.39 is 44.7 Å². The van der Waals surface area contributed by atoms with Crippen LogP contribution in [0.3, 0.4) is 0 Å². The van der Waals surface area contributed by atoms with Crippen LogP contribution < -0.4 is 15.2 Å². The Morgan fingerprint density at radius 1 is 1.03 bits per heavy atom. The van der Waals surface area contributed by atoms with Crippen LogP contribution >= 0.6 is 0 Å². The number of hydrogen-bond acceptors (Lipinski definition) is 7. The van der Waals surface area contributed by atoms with Crippen LogP contribution in [-0.2, 0) is 10.0 Å². The lowest BCUT2D eigenvalue weighted by Gasteiger charge is -2.36. The van der Waals surface area contributed by atoms with E-state index in [0.29, 0.717) is 17.3 Å². The fourth-order valence-electron chi connectivity index (χ4n) is 4.91. The quantitative estimate of drug-likeness (QED) is 0.507. The summed E-state index contributed by atoms with van der Waals surface area (Å²) in [6.45, 7) is 4.24. The molecule has 202 valence electrons. The van der Waals surface area contributed by atoms with Gasteiger partial charge in [0.05, 0.1) is 23.2 Å². The highest BCUT2D eigenvalue weighted by Gasteiger charge is 2.35. The number of nitrogens with zero attached hydrogens (tertiary/aromatic N) is 4. The predicted octanol–water partition coefficient (Wildman–Crippen LogP) is 2.93. The number of aromatic nitrogens is 2. The molecule has 0 amide bonds. The summed E-state index contributed by atoms with van der Waals surface area (Å²) < 4.78 is 61.6. The lowest BCUT2D eigenvalue weighted by atomic mass is 10.1. The van der Waals surface area contributed by atoms with Crippen molar-refractivity contribution in [3.8, 4) is 11.4 Å². The number of rotatable bonds is 6. The molecular formula is C26H28F2N4O5S. The Labute approximate surface area is 218 Å². The highest BCUT2D eigenvalue weighted by molar-refractivity contribution is 7.89. The van der Waals surface area contributed by atoms with Gasteiger partial charge in [-0.1, -0.05) is 24.3 Å². The summed E-state index contributed by atoms with van der Waals surface area (Å²) >= 11 is 0. The molecule has 1 aromatic heterocycles. The van der Waals surface area contributed by atoms with Crippen LogP contribution in [-0.4, -0.2) is 59.0 Å². The molecule has 1 saturated heterocycles. The van der Waals surface area contributed by atoms with E-state index in [-0.39, 0.29) is 44.0 Å². The molecule has 1 aliphatic heterocycles. The smallest absolute Gasteiger partial charge is 0.316 e. The van der Waals surface area contributed by atoms with Crippen LogP contribution in [0.1, 0.15) is 43.6 Å². The number of fused-ring (bicyclic) bond motifs is 1. The first-order chi connectivity index (χ1) is 18.1. The van der Waals surface area contributed by atoms with Crippen molar-refractivity contribution in [1.82, 2.24) is 14.1 Å². The Bertz CT molecular complexity index is 1500. The van der Waals surface area contributed by atoms with E-state index in [9.17, 15) is 27.1 Å². The minimum absolute atomic E-state index is 0.0984. The Morgan fingerprint density at radius 3 is 2.29 bits per heavy atom. The summed E-state index contributed by atoms with van der Waals surface area (Å²) in [4.78, 5) is 15.5. The number of sulfonamides is 1. The molecular weight excluding hydrogens is 518 g/mol. The van der Waals surface area contributed by atoms with Gasteiger partial charge in [0.25, 0.3) is 0 Å². The first kappa shape index (κ1) is 26.3. The van der Waals surface area contributed by atoms with E-state index in [1.807, 2.05) is 17.0 Å². The third-order valence-corrected chi connectivity index (χ3v) is 9.22. The zero-order valence-electron chi connectivity index (χ0n) is 20.9. The molecule has 2 aliphatic rings. The Hall–Kier alpha value is -3.35. The van der Waals surface area contributed by atoms with Gasteiger partial charge in [-0.05, 0) is 37.1 Å². The molecule has 2 heterocycles. The average Bonchev–Trinajstić information content (AvgIpc) is 3.20. The molecule has 3 aromatic rings. The molecule has 1 aliphatic carbocycles. The maximum Gasteiger partial charge on any atom is 0.316 e. The molecule has 0 bridgehead atoms. The zero-order valence-corrected chi connectivity index (χ0v) is 21.7. The fraction of sp³-hybridized carbons (Fsp3) is 0.385. The zero-order chi connectivity index (χ0) is 27.2. The van der Waals surface area contributed by atoms with Crippen LogP contribution in [0.5, 0.6) is 5.75 Å². The SMILES string of the molecule is CC(C)S(=O)(=O)N1CCN(c2cnn(-c3cc(F)cc(F)c3)c(=O)c2OC2CC(O)c3ccccc32)CC1. The fourth-order valence-corrected chi connectivity index (χ4v) is 6.18. The van der Waals surface area contributed by atoms with Gasteiger partial charge in [0, 0.05) is 38.7 Å². The van der Waals surface area contributed by atoms with Gasteiger partial charge in [-0.3, -0.25) is 4.79 Å². The summed E-state index contributed by atoms with van der Waals surface area (Å²) in [7, 11) is -3.44. The highest BCUT2D eigenvalue weighted by atomic mass is 32.2. The van der Waals surface area contributed by atoms with Gasteiger partial charge in [0.2, 0.25) is 15.8 Å². The summed E-state index contributed by atoms with van der Waals surface area (Å²) in [6.07, 6.45) is 0.181. The van der Waals surface area contributed by atoms with Crippen molar-refractivity contribution in [3.05, 3.63) is 81.8 Å². The number of halogens is 2. The maximum absolute atomic E-state index is 13.9. The lowest BCUT2D eigenvalue weighted by molar-refractivity contribution is 0.119. The molecule has 0 radical (unpaired) electrons. The van der Waals surface area contributed by atoms with Crippen LogP contribution in [0, 0.1) is 11.6 Å². The molecule has 38 heavy (non-hydrogen) atoms. The second-order valence-corrected chi connectivity index (χ2v) is 12.2. The number of aliphatic hydroxyl groups is 1. The number of hydrogen-bond donors (Lipinski definition) is 1. The van der Waals surface area contributed by atoms with Crippen molar-refractivity contribution in [1.29, 1.82) is 0 Å².